The molecule has 90 valence electrons. The molecule has 16 heavy (non-hydrogen) atoms. The zero-order valence-electron chi connectivity index (χ0n) is 9.66. The first-order valence-corrected chi connectivity index (χ1v) is 6.58. The van der Waals surface area contributed by atoms with Crippen molar-refractivity contribution < 1.29 is 9.90 Å². The van der Waals surface area contributed by atoms with Crippen LogP contribution in [0.3, 0.4) is 0 Å². The summed E-state index contributed by atoms with van der Waals surface area (Å²) in [5.41, 5.74) is 0. The lowest BCUT2D eigenvalue weighted by molar-refractivity contribution is 0.0702. The summed E-state index contributed by atoms with van der Waals surface area (Å²) in [5, 5.41) is 12.1. The molecule has 1 rings (SSSR count). The van der Waals surface area contributed by atoms with Gasteiger partial charge in [0.15, 0.2) is 0 Å². The number of carboxylic acid groups (broad SMARTS) is 1. The van der Waals surface area contributed by atoms with Crippen LogP contribution in [0.2, 0.25) is 0 Å². The summed E-state index contributed by atoms with van der Waals surface area (Å²) in [5.74, 6) is -0.834. The van der Waals surface area contributed by atoms with Crippen LogP contribution in [0.5, 0.6) is 0 Å². The molecule has 1 heterocycles. The molecule has 0 saturated heterocycles. The predicted molar refractivity (Wildman–Crippen MR) is 67.1 cm³/mol. The molecule has 0 atom stereocenters. The topological polar surface area (TPSA) is 49.3 Å². The molecule has 0 unspecified atom stereocenters. The maximum Gasteiger partial charge on any atom is 0.345 e. The van der Waals surface area contributed by atoms with Crippen LogP contribution in [-0.4, -0.2) is 17.6 Å². The van der Waals surface area contributed by atoms with E-state index in [1.165, 1.54) is 37.0 Å². The van der Waals surface area contributed by atoms with E-state index in [1.807, 2.05) is 6.07 Å². The lowest BCUT2D eigenvalue weighted by Gasteiger charge is -2.02. The Morgan fingerprint density at radius 3 is 2.81 bits per heavy atom. The molecule has 4 heteroatoms. The Hall–Kier alpha value is -0.870. The summed E-state index contributed by atoms with van der Waals surface area (Å²) >= 11 is 1.35. The fourth-order valence-electron chi connectivity index (χ4n) is 1.48. The van der Waals surface area contributed by atoms with Crippen molar-refractivity contribution >= 4 is 17.3 Å². The van der Waals surface area contributed by atoms with Crippen molar-refractivity contribution in [3.63, 3.8) is 0 Å². The van der Waals surface area contributed by atoms with Gasteiger partial charge in [-0.15, -0.1) is 11.3 Å². The number of hydrogen-bond donors (Lipinski definition) is 2. The van der Waals surface area contributed by atoms with Crippen molar-refractivity contribution in [3.05, 3.63) is 21.9 Å². The first kappa shape index (κ1) is 13.2. The van der Waals surface area contributed by atoms with Crippen LogP contribution in [0.1, 0.15) is 47.2 Å². The molecular formula is C12H19NO2S. The second-order valence-corrected chi connectivity index (χ2v) is 4.98. The maximum absolute atomic E-state index is 10.7. The van der Waals surface area contributed by atoms with Gasteiger partial charge in [-0.05, 0) is 25.1 Å². The normalized spacial score (nSPS) is 10.6. The first-order chi connectivity index (χ1) is 7.74. The summed E-state index contributed by atoms with van der Waals surface area (Å²) in [6.07, 6.45) is 5.02. The molecule has 0 aliphatic carbocycles. The number of thiophene rings is 1. The summed E-state index contributed by atoms with van der Waals surface area (Å²) in [6.45, 7) is 4.00. The van der Waals surface area contributed by atoms with Crippen LogP contribution in [0.15, 0.2) is 12.1 Å². The highest BCUT2D eigenvalue weighted by atomic mass is 32.1. The van der Waals surface area contributed by atoms with E-state index in [2.05, 4.69) is 12.2 Å². The summed E-state index contributed by atoms with van der Waals surface area (Å²) in [4.78, 5) is 12.2. The van der Waals surface area contributed by atoms with E-state index >= 15 is 0 Å². The van der Waals surface area contributed by atoms with Crippen molar-refractivity contribution in [3.8, 4) is 0 Å². The van der Waals surface area contributed by atoms with Gasteiger partial charge >= 0.3 is 5.97 Å². The van der Waals surface area contributed by atoms with Gasteiger partial charge in [0.05, 0.1) is 0 Å². The number of nitrogens with one attached hydrogen (secondary N) is 1. The van der Waals surface area contributed by atoms with Crippen molar-refractivity contribution in [1.82, 2.24) is 5.32 Å². The highest BCUT2D eigenvalue weighted by Crippen LogP contribution is 2.15. The third-order valence-corrected chi connectivity index (χ3v) is 3.45. The Kier molecular flexibility index (Phi) is 6.11. The van der Waals surface area contributed by atoms with Crippen LogP contribution in [0.4, 0.5) is 0 Å². The molecule has 2 N–H and O–H groups in total. The minimum absolute atomic E-state index is 0.419. The van der Waals surface area contributed by atoms with Gasteiger partial charge < -0.3 is 10.4 Å². The van der Waals surface area contributed by atoms with Crippen LogP contribution < -0.4 is 5.32 Å². The van der Waals surface area contributed by atoms with E-state index in [9.17, 15) is 4.79 Å². The predicted octanol–water partition coefficient (Wildman–Crippen LogP) is 3.12. The Bertz CT molecular complexity index is 323. The van der Waals surface area contributed by atoms with Gasteiger partial charge in [-0.1, -0.05) is 26.2 Å². The smallest absolute Gasteiger partial charge is 0.345 e. The average molecular weight is 241 g/mol. The summed E-state index contributed by atoms with van der Waals surface area (Å²) < 4.78 is 0. The zero-order valence-corrected chi connectivity index (χ0v) is 10.5. The van der Waals surface area contributed by atoms with Crippen molar-refractivity contribution in [2.24, 2.45) is 0 Å². The van der Waals surface area contributed by atoms with Gasteiger partial charge in [-0.3, -0.25) is 0 Å². The van der Waals surface area contributed by atoms with E-state index in [0.29, 0.717) is 4.88 Å². The fourth-order valence-corrected chi connectivity index (χ4v) is 2.29. The molecule has 0 saturated carbocycles. The number of carbonyl (C=O) groups is 1. The molecule has 0 spiro atoms. The van der Waals surface area contributed by atoms with E-state index in [4.69, 9.17) is 5.11 Å². The first-order valence-electron chi connectivity index (χ1n) is 5.76. The van der Waals surface area contributed by atoms with Gasteiger partial charge in [-0.2, -0.15) is 0 Å². The maximum atomic E-state index is 10.7. The molecule has 0 radical (unpaired) electrons. The second-order valence-electron chi connectivity index (χ2n) is 3.81. The van der Waals surface area contributed by atoms with Crippen LogP contribution in [-0.2, 0) is 6.54 Å². The number of rotatable bonds is 8. The zero-order chi connectivity index (χ0) is 11.8. The van der Waals surface area contributed by atoms with Crippen molar-refractivity contribution in [2.75, 3.05) is 6.54 Å². The molecule has 0 aromatic carbocycles. The Balaban J connectivity index is 2.14. The Morgan fingerprint density at radius 1 is 1.38 bits per heavy atom. The van der Waals surface area contributed by atoms with E-state index in [1.54, 1.807) is 6.07 Å². The van der Waals surface area contributed by atoms with E-state index < -0.39 is 5.97 Å². The number of carboxylic acids is 1. The minimum atomic E-state index is -0.834. The summed E-state index contributed by atoms with van der Waals surface area (Å²) in [6, 6.07) is 3.55. The molecule has 0 aliphatic rings. The SMILES string of the molecule is CCCCCCNCc1ccc(C(=O)O)s1. The molecule has 0 bridgehead atoms. The van der Waals surface area contributed by atoms with Crippen LogP contribution in [0, 0.1) is 0 Å². The monoisotopic (exact) mass is 241 g/mol. The van der Waals surface area contributed by atoms with E-state index in [0.717, 1.165) is 18.0 Å². The number of aromatic carboxylic acids is 1. The lowest BCUT2D eigenvalue weighted by atomic mass is 10.2. The molecule has 0 aliphatic heterocycles. The molecule has 1 aromatic rings. The van der Waals surface area contributed by atoms with Gasteiger partial charge in [0.25, 0.3) is 0 Å². The number of unbranched alkanes of at least 4 members (excludes halogenated alkanes) is 3. The van der Waals surface area contributed by atoms with Gasteiger partial charge in [-0.25, -0.2) is 4.79 Å². The molecular weight excluding hydrogens is 222 g/mol. The third-order valence-electron chi connectivity index (χ3n) is 2.38. The fraction of sp³-hybridized carbons (Fsp3) is 0.583. The molecule has 0 amide bonds. The largest absolute Gasteiger partial charge is 0.477 e. The quantitative estimate of drug-likeness (QED) is 0.687. The highest BCUT2D eigenvalue weighted by Gasteiger charge is 2.05. The van der Waals surface area contributed by atoms with Crippen LogP contribution in [0.25, 0.3) is 0 Å². The standard InChI is InChI=1S/C12H19NO2S/c1-2-3-4-5-8-13-9-10-6-7-11(16-10)12(14)15/h6-7,13H,2-5,8-9H2,1H3,(H,14,15). The highest BCUT2D eigenvalue weighted by molar-refractivity contribution is 7.13. The van der Waals surface area contributed by atoms with E-state index in [-0.39, 0.29) is 0 Å². The van der Waals surface area contributed by atoms with Gasteiger partial charge in [0.1, 0.15) is 4.88 Å². The van der Waals surface area contributed by atoms with Gasteiger partial charge in [0.2, 0.25) is 0 Å². The third kappa shape index (κ3) is 4.77. The minimum Gasteiger partial charge on any atom is -0.477 e. The molecule has 3 nitrogen and oxygen atoms in total. The summed E-state index contributed by atoms with van der Waals surface area (Å²) in [7, 11) is 0. The Morgan fingerprint density at radius 2 is 2.19 bits per heavy atom. The molecule has 1 aromatic heterocycles. The van der Waals surface area contributed by atoms with Crippen molar-refractivity contribution in [1.29, 1.82) is 0 Å². The van der Waals surface area contributed by atoms with Gasteiger partial charge in [0, 0.05) is 11.4 Å². The lowest BCUT2D eigenvalue weighted by Crippen LogP contribution is -2.13. The Labute approximate surface area is 100 Å². The average Bonchev–Trinajstić information content (AvgIpc) is 2.72. The molecule has 0 fully saturated rings. The number of hydrogen-bond acceptors (Lipinski definition) is 3. The second kappa shape index (κ2) is 7.41. The van der Waals surface area contributed by atoms with Crippen LogP contribution >= 0.6 is 11.3 Å². The van der Waals surface area contributed by atoms with Crippen molar-refractivity contribution in [2.45, 2.75) is 39.2 Å².